The highest BCUT2D eigenvalue weighted by Gasteiger charge is 2.23. The number of ether oxygens (including phenoxy) is 1. The van der Waals surface area contributed by atoms with Gasteiger partial charge >= 0.3 is 5.97 Å². The van der Waals surface area contributed by atoms with Crippen molar-refractivity contribution in [1.82, 2.24) is 0 Å². The van der Waals surface area contributed by atoms with Gasteiger partial charge in [-0.3, -0.25) is 4.79 Å². The fourth-order valence-corrected chi connectivity index (χ4v) is 3.29. The van der Waals surface area contributed by atoms with Crippen LogP contribution in [0.25, 0.3) is 0 Å². The first-order valence-electron chi connectivity index (χ1n) is 11.9. The first kappa shape index (κ1) is 28.1. The number of carbonyl (C=O) groups excluding carboxylic acids is 1. The van der Waals surface area contributed by atoms with Gasteiger partial charge < -0.3 is 4.74 Å². The lowest BCUT2D eigenvalue weighted by Gasteiger charge is -2.17. The summed E-state index contributed by atoms with van der Waals surface area (Å²) in [5.41, 5.74) is 0.391. The molecule has 29 heavy (non-hydrogen) atoms. The van der Waals surface area contributed by atoms with E-state index in [9.17, 15) is 13.6 Å². The molecule has 2 nitrogen and oxygen atoms in total. The lowest BCUT2D eigenvalue weighted by atomic mass is 9.89. The molecule has 0 aliphatic carbocycles. The lowest BCUT2D eigenvalue weighted by Crippen LogP contribution is -2.12. The average Bonchev–Trinajstić information content (AvgIpc) is 2.63. The Hall–Kier alpha value is -0.930. The largest absolute Gasteiger partial charge is 0.461 e. The molecule has 0 bridgehead atoms. The number of allylic oxidation sites excluding steroid dienone is 1. The minimum atomic E-state index is -2.80. The van der Waals surface area contributed by atoms with Crippen LogP contribution in [0.2, 0.25) is 0 Å². The topological polar surface area (TPSA) is 26.3 Å². The molecule has 0 amide bonds. The molecule has 0 aromatic heterocycles. The molecule has 0 spiro atoms. The van der Waals surface area contributed by atoms with Crippen LogP contribution in [0.5, 0.6) is 0 Å². The van der Waals surface area contributed by atoms with Gasteiger partial charge in [-0.05, 0) is 36.8 Å². The second kappa shape index (κ2) is 16.8. The number of hydrogen-bond acceptors (Lipinski definition) is 2. The first-order valence-corrected chi connectivity index (χ1v) is 11.9. The van der Waals surface area contributed by atoms with Crippen molar-refractivity contribution in [3.63, 3.8) is 0 Å². The second-order valence-electron chi connectivity index (χ2n) is 9.55. The highest BCUT2D eigenvalue weighted by molar-refractivity contribution is 5.69. The fourth-order valence-electron chi connectivity index (χ4n) is 3.29. The maximum Gasteiger partial charge on any atom is 0.306 e. The van der Waals surface area contributed by atoms with Crippen LogP contribution in [-0.2, 0) is 9.53 Å². The maximum atomic E-state index is 13.8. The predicted molar refractivity (Wildman–Crippen MR) is 119 cm³/mol. The Morgan fingerprint density at radius 1 is 0.793 bits per heavy atom. The van der Waals surface area contributed by atoms with Crippen LogP contribution in [0.1, 0.15) is 124 Å². The van der Waals surface area contributed by atoms with Crippen LogP contribution >= 0.6 is 0 Å². The normalized spacial score (nSPS) is 12.6. The quantitative estimate of drug-likeness (QED) is 0.127. The molecule has 0 aromatic carbocycles. The van der Waals surface area contributed by atoms with Gasteiger partial charge in [0, 0.05) is 12.8 Å². The van der Waals surface area contributed by atoms with Crippen LogP contribution < -0.4 is 0 Å². The molecule has 0 aliphatic heterocycles. The molecular weight excluding hydrogens is 370 g/mol. The van der Waals surface area contributed by atoms with Crippen LogP contribution in [-0.4, -0.2) is 18.5 Å². The van der Waals surface area contributed by atoms with E-state index in [0.29, 0.717) is 18.3 Å². The molecule has 172 valence electrons. The summed E-state index contributed by atoms with van der Waals surface area (Å²) in [5, 5.41) is 0. The van der Waals surface area contributed by atoms with Crippen molar-refractivity contribution in [1.29, 1.82) is 0 Å². The summed E-state index contributed by atoms with van der Waals surface area (Å²) < 4.78 is 32.6. The average molecular weight is 417 g/mol. The Bertz CT molecular complexity index is 425. The van der Waals surface area contributed by atoms with E-state index >= 15 is 0 Å². The maximum absolute atomic E-state index is 13.8. The molecule has 0 aromatic rings. The van der Waals surface area contributed by atoms with Crippen molar-refractivity contribution in [2.75, 3.05) is 6.61 Å². The van der Waals surface area contributed by atoms with Crippen molar-refractivity contribution >= 4 is 5.97 Å². The number of rotatable bonds is 18. The van der Waals surface area contributed by atoms with E-state index in [1.165, 1.54) is 44.6 Å². The number of hydrogen-bond donors (Lipinski definition) is 0. The van der Waals surface area contributed by atoms with Gasteiger partial charge in [0.05, 0.1) is 0 Å². The van der Waals surface area contributed by atoms with Crippen LogP contribution in [0.15, 0.2) is 12.2 Å². The molecule has 0 saturated heterocycles. The van der Waals surface area contributed by atoms with Crippen molar-refractivity contribution in [2.45, 2.75) is 130 Å². The van der Waals surface area contributed by atoms with E-state index in [0.717, 1.165) is 44.6 Å². The first-order chi connectivity index (χ1) is 13.7. The van der Waals surface area contributed by atoms with E-state index in [1.807, 2.05) is 0 Å². The van der Waals surface area contributed by atoms with Crippen molar-refractivity contribution in [3.05, 3.63) is 12.2 Å². The summed E-state index contributed by atoms with van der Waals surface area (Å²) in [6.45, 7) is 8.87. The van der Waals surface area contributed by atoms with Gasteiger partial charge in [0.25, 0.3) is 5.92 Å². The van der Waals surface area contributed by atoms with Gasteiger partial charge in [0.2, 0.25) is 0 Å². The predicted octanol–water partition coefficient (Wildman–Crippen LogP) is 8.64. The summed E-state index contributed by atoms with van der Waals surface area (Å²) in [4.78, 5) is 11.7. The Morgan fingerprint density at radius 2 is 1.31 bits per heavy atom. The zero-order valence-electron chi connectivity index (χ0n) is 19.5. The Kier molecular flexibility index (Phi) is 16.3. The Balaban J connectivity index is 3.64. The molecule has 4 heteroatoms. The monoisotopic (exact) mass is 416 g/mol. The third-order valence-electron chi connectivity index (χ3n) is 5.12. The number of unbranched alkanes of at least 4 members (excludes halogenated alkanes) is 10. The smallest absolute Gasteiger partial charge is 0.306 e. The standard InChI is InChI=1S/C25H46F2O2/c1-5-6-7-8-9-13-16-20-25(26,27)21-17-22-29-23(28)18-14-11-10-12-15-19-24(2,3)4/h17,21H,5-16,18-20,22H2,1-4H3/b21-17-. The number of alkyl halides is 2. The molecule has 0 heterocycles. The summed E-state index contributed by atoms with van der Waals surface area (Å²) in [6, 6.07) is 0. The van der Waals surface area contributed by atoms with E-state index in [2.05, 4.69) is 27.7 Å². The highest BCUT2D eigenvalue weighted by atomic mass is 19.3. The molecule has 0 radical (unpaired) electrons. The molecule has 0 fully saturated rings. The van der Waals surface area contributed by atoms with Crippen LogP contribution in [0.3, 0.4) is 0 Å². The fraction of sp³-hybridized carbons (Fsp3) is 0.880. The molecule has 0 unspecified atom stereocenters. The van der Waals surface area contributed by atoms with Crippen molar-refractivity contribution in [2.24, 2.45) is 5.41 Å². The Labute approximate surface area is 178 Å². The van der Waals surface area contributed by atoms with E-state index in [1.54, 1.807) is 0 Å². The summed E-state index contributed by atoms with van der Waals surface area (Å²) in [5.74, 6) is -3.09. The number of carbonyl (C=O) groups is 1. The van der Waals surface area contributed by atoms with Crippen molar-refractivity contribution < 1.29 is 18.3 Å². The second-order valence-corrected chi connectivity index (χ2v) is 9.55. The molecule has 0 saturated carbocycles. The summed E-state index contributed by atoms with van der Waals surface area (Å²) in [7, 11) is 0. The zero-order chi connectivity index (χ0) is 22.0. The number of halogens is 2. The van der Waals surface area contributed by atoms with Gasteiger partial charge in [-0.25, -0.2) is 8.78 Å². The van der Waals surface area contributed by atoms with Crippen LogP contribution in [0, 0.1) is 5.41 Å². The summed E-state index contributed by atoms with van der Waals surface area (Å²) in [6.07, 6.45) is 16.3. The number of esters is 1. The van der Waals surface area contributed by atoms with E-state index in [-0.39, 0.29) is 19.0 Å². The molecule has 0 rings (SSSR count). The van der Waals surface area contributed by atoms with Crippen LogP contribution in [0.4, 0.5) is 8.78 Å². The minimum absolute atomic E-state index is 0.0585. The Morgan fingerprint density at radius 3 is 1.90 bits per heavy atom. The summed E-state index contributed by atoms with van der Waals surface area (Å²) >= 11 is 0. The SMILES string of the molecule is CCCCCCCCCC(F)(F)/C=C\COC(=O)CCCCCCCC(C)(C)C. The van der Waals surface area contributed by atoms with Gasteiger partial charge in [0.1, 0.15) is 6.61 Å². The van der Waals surface area contributed by atoms with Crippen molar-refractivity contribution in [3.8, 4) is 0 Å². The molecule has 0 aliphatic rings. The zero-order valence-corrected chi connectivity index (χ0v) is 19.5. The van der Waals surface area contributed by atoms with E-state index in [4.69, 9.17) is 4.74 Å². The minimum Gasteiger partial charge on any atom is -0.461 e. The van der Waals surface area contributed by atoms with Gasteiger partial charge in [-0.1, -0.05) is 91.9 Å². The third-order valence-corrected chi connectivity index (χ3v) is 5.12. The van der Waals surface area contributed by atoms with Gasteiger partial charge in [-0.2, -0.15) is 0 Å². The van der Waals surface area contributed by atoms with E-state index < -0.39 is 5.92 Å². The molecular formula is C25H46F2O2. The molecule has 0 N–H and O–H groups in total. The molecule has 0 atom stereocenters. The lowest BCUT2D eigenvalue weighted by molar-refractivity contribution is -0.142. The van der Waals surface area contributed by atoms with Gasteiger partial charge in [-0.15, -0.1) is 0 Å². The highest BCUT2D eigenvalue weighted by Crippen LogP contribution is 2.24. The third kappa shape index (κ3) is 21.6. The van der Waals surface area contributed by atoms with Gasteiger partial charge in [0.15, 0.2) is 0 Å².